The third kappa shape index (κ3) is 5.34. The van der Waals surface area contributed by atoms with E-state index < -0.39 is 0 Å². The minimum absolute atomic E-state index is 0.231. The molecule has 1 aromatic heterocycles. The predicted molar refractivity (Wildman–Crippen MR) is 92.0 cm³/mol. The quantitative estimate of drug-likeness (QED) is 0.754. The Balaban J connectivity index is 1.98. The fraction of sp³-hybridized carbons (Fsp3) is 0.294. The molecule has 0 spiro atoms. The van der Waals surface area contributed by atoms with Crippen LogP contribution >= 0.6 is 0 Å². The van der Waals surface area contributed by atoms with E-state index in [0.717, 1.165) is 18.7 Å². The zero-order valence-electron chi connectivity index (χ0n) is 13.8. The summed E-state index contributed by atoms with van der Waals surface area (Å²) in [5.41, 5.74) is 1.58. The fourth-order valence-electron chi connectivity index (χ4n) is 2.05. The zero-order chi connectivity index (χ0) is 17.4. The van der Waals surface area contributed by atoms with E-state index in [4.69, 9.17) is 5.26 Å². The minimum atomic E-state index is -0.231. The van der Waals surface area contributed by atoms with Crippen LogP contribution < -0.4 is 10.6 Å². The number of anilines is 2. The number of amides is 1. The van der Waals surface area contributed by atoms with Gasteiger partial charge in [0, 0.05) is 18.3 Å². The second kappa shape index (κ2) is 8.60. The van der Waals surface area contributed by atoms with Crippen molar-refractivity contribution in [3.63, 3.8) is 0 Å². The molecule has 0 aliphatic carbocycles. The van der Waals surface area contributed by atoms with Crippen molar-refractivity contribution in [2.45, 2.75) is 6.42 Å². The van der Waals surface area contributed by atoms with E-state index in [9.17, 15) is 4.79 Å². The van der Waals surface area contributed by atoms with Crippen molar-refractivity contribution in [2.24, 2.45) is 0 Å². The third-order valence-electron chi connectivity index (χ3n) is 3.23. The minimum Gasteiger partial charge on any atom is -0.351 e. The topological polar surface area (TPSA) is 93.9 Å². The van der Waals surface area contributed by atoms with Gasteiger partial charge in [-0.2, -0.15) is 5.26 Å². The number of nitrogens with zero attached hydrogens (tertiary/aromatic N) is 4. The summed E-state index contributed by atoms with van der Waals surface area (Å²) in [5, 5.41) is 14.8. The van der Waals surface area contributed by atoms with Crippen LogP contribution in [0.25, 0.3) is 0 Å². The van der Waals surface area contributed by atoms with Crippen LogP contribution in [0.5, 0.6) is 0 Å². The fourth-order valence-corrected chi connectivity index (χ4v) is 2.05. The Morgan fingerprint density at radius 2 is 2.12 bits per heavy atom. The highest BCUT2D eigenvalue weighted by Crippen LogP contribution is 2.15. The SMILES string of the molecule is CN(C)CCCNC(=O)c1cc(Nc2cccc(C#N)c2)ncn1. The van der Waals surface area contributed by atoms with Gasteiger partial charge in [-0.1, -0.05) is 6.07 Å². The second-order valence-electron chi connectivity index (χ2n) is 5.52. The molecule has 2 aromatic rings. The van der Waals surface area contributed by atoms with Crippen molar-refractivity contribution < 1.29 is 4.79 Å². The Labute approximate surface area is 141 Å². The average molecular weight is 324 g/mol. The highest BCUT2D eigenvalue weighted by molar-refractivity contribution is 5.92. The first-order valence-electron chi connectivity index (χ1n) is 7.60. The Hall–Kier alpha value is -2.98. The van der Waals surface area contributed by atoms with Crippen molar-refractivity contribution in [1.29, 1.82) is 5.26 Å². The number of aromatic nitrogens is 2. The van der Waals surface area contributed by atoms with Gasteiger partial charge in [0.2, 0.25) is 0 Å². The normalized spacial score (nSPS) is 10.2. The number of carbonyl (C=O) groups excluding carboxylic acids is 1. The summed E-state index contributed by atoms with van der Waals surface area (Å²) in [4.78, 5) is 22.3. The van der Waals surface area contributed by atoms with Crippen LogP contribution in [0.1, 0.15) is 22.5 Å². The first kappa shape index (κ1) is 17.4. The highest BCUT2D eigenvalue weighted by atomic mass is 16.1. The van der Waals surface area contributed by atoms with Gasteiger partial charge in [-0.05, 0) is 45.3 Å². The van der Waals surface area contributed by atoms with Crippen molar-refractivity contribution in [3.8, 4) is 6.07 Å². The molecule has 2 N–H and O–H groups in total. The number of nitrogens with one attached hydrogen (secondary N) is 2. The molecule has 2 rings (SSSR count). The Kier molecular flexibility index (Phi) is 6.23. The maximum atomic E-state index is 12.1. The summed E-state index contributed by atoms with van der Waals surface area (Å²) in [6.45, 7) is 1.50. The van der Waals surface area contributed by atoms with Gasteiger partial charge in [-0.25, -0.2) is 9.97 Å². The molecule has 124 valence electrons. The summed E-state index contributed by atoms with van der Waals surface area (Å²) in [6, 6.07) is 10.7. The zero-order valence-corrected chi connectivity index (χ0v) is 13.8. The van der Waals surface area contributed by atoms with E-state index in [0.29, 0.717) is 23.6 Å². The number of nitriles is 1. The van der Waals surface area contributed by atoms with E-state index in [-0.39, 0.29) is 5.91 Å². The molecule has 0 aliphatic rings. The molecule has 0 fully saturated rings. The average Bonchev–Trinajstić information content (AvgIpc) is 2.58. The lowest BCUT2D eigenvalue weighted by Crippen LogP contribution is -2.27. The van der Waals surface area contributed by atoms with E-state index in [2.05, 4.69) is 31.6 Å². The molecule has 1 heterocycles. The highest BCUT2D eigenvalue weighted by Gasteiger charge is 2.08. The summed E-state index contributed by atoms with van der Waals surface area (Å²) >= 11 is 0. The van der Waals surface area contributed by atoms with Gasteiger partial charge in [0.25, 0.3) is 5.91 Å². The van der Waals surface area contributed by atoms with Gasteiger partial charge < -0.3 is 15.5 Å². The molecule has 7 nitrogen and oxygen atoms in total. The monoisotopic (exact) mass is 324 g/mol. The Bertz CT molecular complexity index is 738. The molecule has 0 saturated heterocycles. The van der Waals surface area contributed by atoms with Crippen molar-refractivity contribution in [2.75, 3.05) is 32.5 Å². The molecule has 0 radical (unpaired) electrons. The number of benzene rings is 1. The molecule has 0 bridgehead atoms. The molecule has 0 aliphatic heterocycles. The molecule has 0 saturated carbocycles. The number of hydrogen-bond donors (Lipinski definition) is 2. The molecule has 0 unspecified atom stereocenters. The summed E-state index contributed by atoms with van der Waals surface area (Å²) in [7, 11) is 3.98. The van der Waals surface area contributed by atoms with Gasteiger partial charge in [-0.3, -0.25) is 4.79 Å². The molecule has 24 heavy (non-hydrogen) atoms. The Morgan fingerprint density at radius 1 is 1.29 bits per heavy atom. The van der Waals surface area contributed by atoms with Crippen LogP contribution in [0.4, 0.5) is 11.5 Å². The largest absolute Gasteiger partial charge is 0.351 e. The maximum Gasteiger partial charge on any atom is 0.270 e. The number of hydrogen-bond acceptors (Lipinski definition) is 6. The summed E-state index contributed by atoms with van der Waals surface area (Å²) in [6.07, 6.45) is 2.21. The van der Waals surface area contributed by atoms with E-state index in [1.54, 1.807) is 24.3 Å². The second-order valence-corrected chi connectivity index (χ2v) is 5.52. The van der Waals surface area contributed by atoms with Gasteiger partial charge in [0.15, 0.2) is 0 Å². The van der Waals surface area contributed by atoms with Crippen LogP contribution in [-0.2, 0) is 0 Å². The molecule has 7 heteroatoms. The van der Waals surface area contributed by atoms with Crippen LogP contribution in [-0.4, -0.2) is 48.0 Å². The van der Waals surface area contributed by atoms with Gasteiger partial charge in [0.05, 0.1) is 11.6 Å². The molecular formula is C17H20N6O. The van der Waals surface area contributed by atoms with Gasteiger partial charge in [0.1, 0.15) is 17.8 Å². The summed E-state index contributed by atoms with van der Waals surface area (Å²) < 4.78 is 0. The smallest absolute Gasteiger partial charge is 0.270 e. The van der Waals surface area contributed by atoms with Crippen molar-refractivity contribution in [1.82, 2.24) is 20.2 Å². The van der Waals surface area contributed by atoms with Gasteiger partial charge >= 0.3 is 0 Å². The lowest BCUT2D eigenvalue weighted by molar-refractivity contribution is 0.0947. The summed E-state index contributed by atoms with van der Waals surface area (Å²) in [5.74, 6) is 0.267. The maximum absolute atomic E-state index is 12.1. The lowest BCUT2D eigenvalue weighted by Gasteiger charge is -2.10. The van der Waals surface area contributed by atoms with E-state index in [1.807, 2.05) is 20.2 Å². The Morgan fingerprint density at radius 3 is 2.88 bits per heavy atom. The third-order valence-corrected chi connectivity index (χ3v) is 3.23. The van der Waals surface area contributed by atoms with Gasteiger partial charge in [-0.15, -0.1) is 0 Å². The van der Waals surface area contributed by atoms with Crippen molar-refractivity contribution in [3.05, 3.63) is 47.9 Å². The van der Waals surface area contributed by atoms with Crippen LogP contribution in [0.2, 0.25) is 0 Å². The molecular weight excluding hydrogens is 304 g/mol. The predicted octanol–water partition coefficient (Wildman–Crippen LogP) is 1.77. The van der Waals surface area contributed by atoms with Crippen molar-refractivity contribution >= 4 is 17.4 Å². The lowest BCUT2D eigenvalue weighted by atomic mass is 10.2. The first-order chi connectivity index (χ1) is 11.6. The van der Waals surface area contributed by atoms with E-state index >= 15 is 0 Å². The standard InChI is InChI=1S/C17H20N6O/c1-23(2)8-4-7-19-17(24)15-10-16(21-12-20-15)22-14-6-3-5-13(9-14)11-18/h3,5-6,9-10,12H,4,7-8H2,1-2H3,(H,19,24)(H,20,21,22). The van der Waals surface area contributed by atoms with Crippen LogP contribution in [0, 0.1) is 11.3 Å². The number of rotatable bonds is 7. The van der Waals surface area contributed by atoms with Crippen LogP contribution in [0.3, 0.4) is 0 Å². The van der Waals surface area contributed by atoms with Crippen LogP contribution in [0.15, 0.2) is 36.7 Å². The molecule has 1 amide bonds. The molecule has 1 aromatic carbocycles. The first-order valence-corrected chi connectivity index (χ1v) is 7.60. The van der Waals surface area contributed by atoms with E-state index in [1.165, 1.54) is 6.33 Å². The molecule has 0 atom stereocenters. The number of carbonyl (C=O) groups is 1.